The maximum atomic E-state index is 12.0. The minimum absolute atomic E-state index is 0.186. The van der Waals surface area contributed by atoms with Crippen molar-refractivity contribution in [1.29, 1.82) is 0 Å². The van der Waals surface area contributed by atoms with Gasteiger partial charge in [0.1, 0.15) is 0 Å². The number of imidazole rings is 1. The van der Waals surface area contributed by atoms with Crippen molar-refractivity contribution in [2.75, 3.05) is 32.8 Å². The summed E-state index contributed by atoms with van der Waals surface area (Å²) in [5.41, 5.74) is 6.62. The van der Waals surface area contributed by atoms with Gasteiger partial charge in [0, 0.05) is 44.4 Å². The smallest absolute Gasteiger partial charge is 0.224 e. The van der Waals surface area contributed by atoms with Gasteiger partial charge in [-0.1, -0.05) is 0 Å². The van der Waals surface area contributed by atoms with Crippen molar-refractivity contribution in [3.63, 3.8) is 0 Å². The number of rotatable bonds is 5. The van der Waals surface area contributed by atoms with E-state index in [1.165, 1.54) is 0 Å². The summed E-state index contributed by atoms with van der Waals surface area (Å²) in [6.45, 7) is 3.98. The fraction of sp³-hybridized carbons (Fsp3) is 0.667. The highest BCUT2D eigenvalue weighted by molar-refractivity contribution is 5.76. The molecule has 0 radical (unpaired) electrons. The number of carbonyl (C=O) groups is 1. The van der Waals surface area contributed by atoms with Gasteiger partial charge in [-0.3, -0.25) is 4.79 Å². The molecule has 0 unspecified atom stereocenters. The van der Waals surface area contributed by atoms with Crippen LogP contribution in [0.5, 0.6) is 0 Å². The topological polar surface area (TPSA) is 73.4 Å². The van der Waals surface area contributed by atoms with Crippen LogP contribution in [-0.2, 0) is 22.5 Å². The van der Waals surface area contributed by atoms with Gasteiger partial charge in [-0.15, -0.1) is 0 Å². The Morgan fingerprint density at radius 3 is 2.94 bits per heavy atom. The second kappa shape index (κ2) is 6.51. The molecule has 1 aromatic heterocycles. The molecule has 1 aliphatic rings. The van der Waals surface area contributed by atoms with Crippen LogP contribution in [0.1, 0.15) is 12.1 Å². The molecule has 1 fully saturated rings. The molecule has 6 heteroatoms. The van der Waals surface area contributed by atoms with Gasteiger partial charge >= 0.3 is 0 Å². The van der Waals surface area contributed by atoms with Crippen molar-refractivity contribution in [3.8, 4) is 0 Å². The third-order valence-electron chi connectivity index (χ3n) is 3.13. The van der Waals surface area contributed by atoms with Crippen LogP contribution in [0.2, 0.25) is 0 Å². The number of morpholine rings is 1. The average molecular weight is 252 g/mol. The van der Waals surface area contributed by atoms with Crippen LogP contribution in [0, 0.1) is 0 Å². The lowest BCUT2D eigenvalue weighted by atomic mass is 10.3. The first kappa shape index (κ1) is 13.0. The molecular weight excluding hydrogens is 232 g/mol. The summed E-state index contributed by atoms with van der Waals surface area (Å²) < 4.78 is 7.23. The van der Waals surface area contributed by atoms with Crippen molar-refractivity contribution in [2.24, 2.45) is 5.73 Å². The first-order valence-electron chi connectivity index (χ1n) is 6.36. The van der Waals surface area contributed by atoms with Gasteiger partial charge in [-0.2, -0.15) is 0 Å². The van der Waals surface area contributed by atoms with Gasteiger partial charge in [0.2, 0.25) is 5.91 Å². The zero-order valence-corrected chi connectivity index (χ0v) is 10.5. The first-order chi connectivity index (χ1) is 8.81. The standard InChI is InChI=1S/C12H20N4O2/c13-3-1-11-9-14-10-16(11)4-2-12(17)15-5-7-18-8-6-15/h9-10H,1-8,13H2. The van der Waals surface area contributed by atoms with E-state index in [9.17, 15) is 4.79 Å². The largest absolute Gasteiger partial charge is 0.378 e. The van der Waals surface area contributed by atoms with Crippen LogP contribution in [-0.4, -0.2) is 53.2 Å². The van der Waals surface area contributed by atoms with Crippen LogP contribution in [0.15, 0.2) is 12.5 Å². The van der Waals surface area contributed by atoms with E-state index in [0.717, 1.165) is 12.1 Å². The van der Waals surface area contributed by atoms with Crippen molar-refractivity contribution < 1.29 is 9.53 Å². The molecule has 0 saturated carbocycles. The lowest BCUT2D eigenvalue weighted by Gasteiger charge is -2.27. The molecule has 2 N–H and O–H groups in total. The number of nitrogens with two attached hydrogens (primary N) is 1. The average Bonchev–Trinajstić information content (AvgIpc) is 2.85. The summed E-state index contributed by atoms with van der Waals surface area (Å²) in [5.74, 6) is 0.186. The number of hydrogen-bond acceptors (Lipinski definition) is 4. The van der Waals surface area contributed by atoms with E-state index in [1.54, 1.807) is 6.33 Å². The molecule has 2 heterocycles. The molecule has 18 heavy (non-hydrogen) atoms. The number of ether oxygens (including phenoxy) is 1. The molecule has 1 amide bonds. The molecule has 0 aromatic carbocycles. The number of aryl methyl sites for hydroxylation is 1. The molecule has 0 bridgehead atoms. The van der Waals surface area contributed by atoms with Gasteiger partial charge in [0.05, 0.1) is 19.5 Å². The summed E-state index contributed by atoms with van der Waals surface area (Å²) in [7, 11) is 0. The highest BCUT2D eigenvalue weighted by Crippen LogP contribution is 2.05. The highest BCUT2D eigenvalue weighted by atomic mass is 16.5. The van der Waals surface area contributed by atoms with E-state index < -0.39 is 0 Å². The van der Waals surface area contributed by atoms with E-state index in [1.807, 2.05) is 15.7 Å². The van der Waals surface area contributed by atoms with Crippen molar-refractivity contribution in [1.82, 2.24) is 14.5 Å². The number of nitrogens with zero attached hydrogens (tertiary/aromatic N) is 3. The van der Waals surface area contributed by atoms with E-state index >= 15 is 0 Å². The van der Waals surface area contributed by atoms with E-state index in [0.29, 0.717) is 45.8 Å². The maximum absolute atomic E-state index is 12.0. The summed E-state index contributed by atoms with van der Waals surface area (Å²) in [4.78, 5) is 17.9. The van der Waals surface area contributed by atoms with Crippen LogP contribution in [0.4, 0.5) is 0 Å². The predicted molar refractivity (Wildman–Crippen MR) is 67.0 cm³/mol. The Balaban J connectivity index is 1.82. The maximum Gasteiger partial charge on any atom is 0.224 e. The minimum atomic E-state index is 0.186. The van der Waals surface area contributed by atoms with Gasteiger partial charge in [0.25, 0.3) is 0 Å². The Morgan fingerprint density at radius 1 is 1.44 bits per heavy atom. The normalized spacial score (nSPS) is 15.9. The lowest BCUT2D eigenvalue weighted by molar-refractivity contribution is -0.135. The van der Waals surface area contributed by atoms with Crippen LogP contribution in [0.25, 0.3) is 0 Å². The Labute approximate surface area is 107 Å². The number of aromatic nitrogens is 2. The second-order valence-electron chi connectivity index (χ2n) is 4.36. The van der Waals surface area contributed by atoms with Gasteiger partial charge < -0.3 is 19.9 Å². The van der Waals surface area contributed by atoms with Gasteiger partial charge in [0.15, 0.2) is 0 Å². The number of carbonyl (C=O) groups excluding carboxylic acids is 1. The Hall–Kier alpha value is -1.40. The van der Waals surface area contributed by atoms with E-state index in [2.05, 4.69) is 4.98 Å². The second-order valence-corrected chi connectivity index (χ2v) is 4.36. The highest BCUT2D eigenvalue weighted by Gasteiger charge is 2.16. The SMILES string of the molecule is NCCc1cncn1CCC(=O)N1CCOCC1. The molecule has 1 saturated heterocycles. The monoisotopic (exact) mass is 252 g/mol. The predicted octanol–water partition coefficient (Wildman–Crippen LogP) is -0.367. The Kier molecular flexibility index (Phi) is 4.72. The van der Waals surface area contributed by atoms with E-state index in [4.69, 9.17) is 10.5 Å². The molecule has 0 atom stereocenters. The van der Waals surface area contributed by atoms with Crippen molar-refractivity contribution in [2.45, 2.75) is 19.4 Å². The van der Waals surface area contributed by atoms with Crippen LogP contribution >= 0.6 is 0 Å². The van der Waals surface area contributed by atoms with Crippen molar-refractivity contribution >= 4 is 5.91 Å². The molecule has 1 aromatic rings. The summed E-state index contributed by atoms with van der Waals surface area (Å²) in [6, 6.07) is 0. The number of amides is 1. The van der Waals surface area contributed by atoms with Gasteiger partial charge in [-0.25, -0.2) is 4.98 Å². The molecule has 6 nitrogen and oxygen atoms in total. The Morgan fingerprint density at radius 2 is 2.22 bits per heavy atom. The van der Waals surface area contributed by atoms with E-state index in [-0.39, 0.29) is 5.91 Å². The zero-order chi connectivity index (χ0) is 12.8. The number of hydrogen-bond donors (Lipinski definition) is 1. The fourth-order valence-electron chi connectivity index (χ4n) is 2.09. The van der Waals surface area contributed by atoms with Crippen molar-refractivity contribution in [3.05, 3.63) is 18.2 Å². The Bertz CT molecular complexity index is 385. The third kappa shape index (κ3) is 3.30. The van der Waals surface area contributed by atoms with Gasteiger partial charge in [-0.05, 0) is 6.54 Å². The molecule has 1 aliphatic heterocycles. The molecule has 2 rings (SSSR count). The summed E-state index contributed by atoms with van der Waals surface area (Å²) in [6.07, 6.45) is 4.88. The quantitative estimate of drug-likeness (QED) is 0.776. The summed E-state index contributed by atoms with van der Waals surface area (Å²) in [5, 5.41) is 0. The van der Waals surface area contributed by atoms with Crippen LogP contribution < -0.4 is 5.73 Å². The third-order valence-corrected chi connectivity index (χ3v) is 3.13. The lowest BCUT2D eigenvalue weighted by Crippen LogP contribution is -2.41. The molecular formula is C12H20N4O2. The minimum Gasteiger partial charge on any atom is -0.378 e. The zero-order valence-electron chi connectivity index (χ0n) is 10.5. The molecule has 100 valence electrons. The fourth-order valence-corrected chi connectivity index (χ4v) is 2.09. The van der Waals surface area contributed by atoms with Crippen LogP contribution in [0.3, 0.4) is 0 Å². The first-order valence-corrected chi connectivity index (χ1v) is 6.36. The molecule has 0 aliphatic carbocycles. The summed E-state index contributed by atoms with van der Waals surface area (Å²) >= 11 is 0. The molecule has 0 spiro atoms.